The summed E-state index contributed by atoms with van der Waals surface area (Å²) in [6.45, 7) is 3.65. The molecule has 0 unspecified atom stereocenters. The van der Waals surface area contributed by atoms with Gasteiger partial charge in [-0.05, 0) is 61.4 Å². The molecule has 0 aromatic heterocycles. The molecule has 0 bridgehead atoms. The van der Waals surface area contributed by atoms with Crippen LogP contribution in [0.1, 0.15) is 18.1 Å². The number of nitrogens with zero attached hydrogens (tertiary/aromatic N) is 1. The van der Waals surface area contributed by atoms with E-state index >= 15 is 0 Å². The van der Waals surface area contributed by atoms with E-state index in [0.717, 1.165) is 16.9 Å². The largest absolute Gasteiger partial charge is 0.497 e. The van der Waals surface area contributed by atoms with Crippen LogP contribution in [-0.2, 0) is 4.79 Å². The van der Waals surface area contributed by atoms with E-state index in [0.29, 0.717) is 5.75 Å². The fourth-order valence-corrected chi connectivity index (χ4v) is 1.90. The van der Waals surface area contributed by atoms with Crippen molar-refractivity contribution in [2.24, 2.45) is 5.10 Å². The number of aryl methyl sites for hydroxylation is 1. The van der Waals surface area contributed by atoms with Crippen molar-refractivity contribution in [2.75, 3.05) is 7.11 Å². The van der Waals surface area contributed by atoms with Crippen LogP contribution in [0.3, 0.4) is 0 Å². The molecule has 1 atom stereocenters. The summed E-state index contributed by atoms with van der Waals surface area (Å²) in [5, 5.41) is 3.93. The van der Waals surface area contributed by atoms with Crippen LogP contribution in [0.2, 0.25) is 0 Å². The summed E-state index contributed by atoms with van der Waals surface area (Å²) >= 11 is 0. The molecule has 1 N–H and O–H groups in total. The van der Waals surface area contributed by atoms with E-state index in [-0.39, 0.29) is 5.91 Å². The molecule has 0 aliphatic carbocycles. The third-order valence-electron chi connectivity index (χ3n) is 3.18. The Morgan fingerprint density at radius 2 is 1.91 bits per heavy atom. The zero-order valence-electron chi connectivity index (χ0n) is 13.4. The number of nitrogens with one attached hydrogen (secondary N) is 1. The zero-order chi connectivity index (χ0) is 16.7. The van der Waals surface area contributed by atoms with Crippen molar-refractivity contribution in [1.29, 1.82) is 0 Å². The summed E-state index contributed by atoms with van der Waals surface area (Å²) in [7, 11) is 1.61. The van der Waals surface area contributed by atoms with E-state index in [4.69, 9.17) is 9.47 Å². The first-order valence-electron chi connectivity index (χ1n) is 7.29. The summed E-state index contributed by atoms with van der Waals surface area (Å²) in [6, 6.07) is 14.9. The van der Waals surface area contributed by atoms with Crippen molar-refractivity contribution < 1.29 is 14.3 Å². The Kier molecular flexibility index (Phi) is 5.74. The van der Waals surface area contributed by atoms with Crippen LogP contribution in [-0.4, -0.2) is 25.3 Å². The number of hydrogen-bond donors (Lipinski definition) is 1. The van der Waals surface area contributed by atoms with Gasteiger partial charge in [-0.2, -0.15) is 5.10 Å². The van der Waals surface area contributed by atoms with Crippen molar-refractivity contribution in [3.63, 3.8) is 0 Å². The van der Waals surface area contributed by atoms with Crippen LogP contribution in [0.5, 0.6) is 11.5 Å². The highest BCUT2D eigenvalue weighted by Gasteiger charge is 2.13. The first kappa shape index (κ1) is 16.5. The second-order valence-electron chi connectivity index (χ2n) is 5.08. The topological polar surface area (TPSA) is 59.9 Å². The number of hydrazone groups is 1. The van der Waals surface area contributed by atoms with Gasteiger partial charge in [-0.15, -0.1) is 0 Å². The highest BCUT2D eigenvalue weighted by molar-refractivity contribution is 5.84. The molecule has 0 aliphatic heterocycles. The Labute approximate surface area is 135 Å². The number of ether oxygens (including phenoxy) is 2. The van der Waals surface area contributed by atoms with E-state index in [1.165, 1.54) is 0 Å². The van der Waals surface area contributed by atoms with Gasteiger partial charge in [0.15, 0.2) is 6.10 Å². The Morgan fingerprint density at radius 3 is 2.57 bits per heavy atom. The van der Waals surface area contributed by atoms with Gasteiger partial charge in [0.2, 0.25) is 0 Å². The van der Waals surface area contributed by atoms with Crippen molar-refractivity contribution in [3.05, 3.63) is 59.7 Å². The third kappa shape index (κ3) is 5.14. The van der Waals surface area contributed by atoms with E-state index in [2.05, 4.69) is 10.5 Å². The lowest BCUT2D eigenvalue weighted by atomic mass is 10.2. The number of methoxy groups -OCH3 is 1. The number of carbonyl (C=O) groups is 1. The fourth-order valence-electron chi connectivity index (χ4n) is 1.90. The Bertz CT molecular complexity index is 681. The number of benzene rings is 2. The third-order valence-corrected chi connectivity index (χ3v) is 3.18. The summed E-state index contributed by atoms with van der Waals surface area (Å²) in [5.41, 5.74) is 4.40. The summed E-state index contributed by atoms with van der Waals surface area (Å²) in [5.74, 6) is 1.12. The molecule has 0 heterocycles. The van der Waals surface area contributed by atoms with Crippen molar-refractivity contribution in [1.82, 2.24) is 5.43 Å². The predicted molar refractivity (Wildman–Crippen MR) is 90.0 cm³/mol. The lowest BCUT2D eigenvalue weighted by molar-refractivity contribution is -0.127. The maximum atomic E-state index is 12.0. The van der Waals surface area contributed by atoms with Crippen LogP contribution in [0.25, 0.3) is 0 Å². The standard InChI is InChI=1S/C18H20N2O3/c1-13-5-4-6-17(11-13)23-14(2)18(21)20-19-12-15-7-9-16(22-3)10-8-15/h4-12,14H,1-3H3,(H,20,21)/t14-/m1/s1. The quantitative estimate of drug-likeness (QED) is 0.659. The number of rotatable bonds is 6. The Morgan fingerprint density at radius 1 is 1.17 bits per heavy atom. The molecular weight excluding hydrogens is 292 g/mol. The van der Waals surface area contributed by atoms with Gasteiger partial charge in [0, 0.05) is 0 Å². The lowest BCUT2D eigenvalue weighted by Gasteiger charge is -2.13. The van der Waals surface area contributed by atoms with E-state index in [9.17, 15) is 4.79 Å². The summed E-state index contributed by atoms with van der Waals surface area (Å²) < 4.78 is 10.7. The second-order valence-corrected chi connectivity index (χ2v) is 5.08. The van der Waals surface area contributed by atoms with Crippen molar-refractivity contribution in [2.45, 2.75) is 20.0 Å². The molecule has 0 saturated heterocycles. The molecule has 0 spiro atoms. The van der Waals surface area contributed by atoms with Gasteiger partial charge in [-0.25, -0.2) is 5.43 Å². The maximum Gasteiger partial charge on any atom is 0.280 e. The minimum atomic E-state index is -0.634. The Hall–Kier alpha value is -2.82. The first-order chi connectivity index (χ1) is 11.1. The average Bonchev–Trinajstić information content (AvgIpc) is 2.55. The van der Waals surface area contributed by atoms with E-state index in [1.54, 1.807) is 20.2 Å². The first-order valence-corrected chi connectivity index (χ1v) is 7.29. The predicted octanol–water partition coefficient (Wildman–Crippen LogP) is 2.92. The van der Waals surface area contributed by atoms with E-state index in [1.807, 2.05) is 55.5 Å². The van der Waals surface area contributed by atoms with Gasteiger partial charge in [-0.1, -0.05) is 12.1 Å². The number of hydrogen-bond acceptors (Lipinski definition) is 4. The fraction of sp³-hybridized carbons (Fsp3) is 0.222. The summed E-state index contributed by atoms with van der Waals surface area (Å²) in [6.07, 6.45) is 0.932. The lowest BCUT2D eigenvalue weighted by Crippen LogP contribution is -2.33. The van der Waals surface area contributed by atoms with E-state index < -0.39 is 6.10 Å². The van der Waals surface area contributed by atoms with Gasteiger partial charge >= 0.3 is 0 Å². The molecule has 1 amide bonds. The smallest absolute Gasteiger partial charge is 0.280 e. The SMILES string of the molecule is COc1ccc(C=NNC(=O)[C@@H](C)Oc2cccc(C)c2)cc1. The van der Waals surface area contributed by atoms with Gasteiger partial charge in [0.05, 0.1) is 13.3 Å². The highest BCUT2D eigenvalue weighted by Crippen LogP contribution is 2.14. The second kappa shape index (κ2) is 7.98. The van der Waals surface area contributed by atoms with Gasteiger partial charge in [-0.3, -0.25) is 4.79 Å². The molecule has 2 aromatic rings. The molecule has 0 fully saturated rings. The molecule has 0 radical (unpaired) electrons. The molecule has 5 heteroatoms. The molecule has 23 heavy (non-hydrogen) atoms. The molecule has 0 aliphatic rings. The van der Waals surface area contributed by atoms with Crippen molar-refractivity contribution in [3.8, 4) is 11.5 Å². The number of carbonyl (C=O) groups excluding carboxylic acids is 1. The molecule has 0 saturated carbocycles. The molecule has 120 valence electrons. The zero-order valence-corrected chi connectivity index (χ0v) is 13.4. The minimum absolute atomic E-state index is 0.309. The molecule has 2 rings (SSSR count). The van der Waals surface area contributed by atoms with Crippen LogP contribution in [0.15, 0.2) is 53.6 Å². The minimum Gasteiger partial charge on any atom is -0.497 e. The van der Waals surface area contributed by atoms with Crippen LogP contribution >= 0.6 is 0 Å². The van der Waals surface area contributed by atoms with Crippen LogP contribution in [0.4, 0.5) is 0 Å². The monoisotopic (exact) mass is 312 g/mol. The maximum absolute atomic E-state index is 12.0. The molecular formula is C18H20N2O3. The summed E-state index contributed by atoms with van der Waals surface area (Å²) in [4.78, 5) is 12.0. The average molecular weight is 312 g/mol. The van der Waals surface area contributed by atoms with Crippen LogP contribution < -0.4 is 14.9 Å². The normalized spacial score (nSPS) is 12.0. The highest BCUT2D eigenvalue weighted by atomic mass is 16.5. The molecule has 5 nitrogen and oxygen atoms in total. The van der Waals surface area contributed by atoms with Gasteiger partial charge < -0.3 is 9.47 Å². The number of amides is 1. The Balaban J connectivity index is 1.86. The van der Waals surface area contributed by atoms with Crippen LogP contribution in [0, 0.1) is 6.92 Å². The van der Waals surface area contributed by atoms with Gasteiger partial charge in [0.25, 0.3) is 5.91 Å². The molecule has 2 aromatic carbocycles. The van der Waals surface area contributed by atoms with Crippen molar-refractivity contribution >= 4 is 12.1 Å². The van der Waals surface area contributed by atoms with Gasteiger partial charge in [0.1, 0.15) is 11.5 Å².